The minimum atomic E-state index is -1.16. The first-order valence-corrected chi connectivity index (χ1v) is 6.47. The molecule has 0 radical (unpaired) electrons. The second-order valence-corrected chi connectivity index (χ2v) is 5.12. The first kappa shape index (κ1) is 14.5. The third-order valence-electron chi connectivity index (χ3n) is 3.12. The van der Waals surface area contributed by atoms with Gasteiger partial charge in [-0.15, -0.1) is 0 Å². The molecule has 1 aromatic carbocycles. The predicted molar refractivity (Wildman–Crippen MR) is 76.2 cm³/mol. The molecule has 1 fully saturated rings. The number of carbonyl (C=O) groups is 2. The van der Waals surface area contributed by atoms with E-state index < -0.39 is 5.97 Å². The molecule has 1 aliphatic rings. The minimum Gasteiger partial charge on any atom is -0.497 e. The molecule has 0 spiro atoms. The van der Waals surface area contributed by atoms with Crippen molar-refractivity contribution in [1.82, 2.24) is 0 Å². The van der Waals surface area contributed by atoms with Crippen LogP contribution in [-0.4, -0.2) is 43.0 Å². The lowest BCUT2D eigenvalue weighted by Crippen LogP contribution is -2.27. The van der Waals surface area contributed by atoms with Crippen molar-refractivity contribution < 1.29 is 24.2 Å². The lowest BCUT2D eigenvalue weighted by molar-refractivity contribution is -0.117. The monoisotopic (exact) mass is 297 g/mol. The van der Waals surface area contributed by atoms with Gasteiger partial charge in [-0.1, -0.05) is 0 Å². The topological polar surface area (TPSA) is 76.1 Å². The molecule has 1 atom stereocenters. The molecule has 2 rings (SSSR count). The van der Waals surface area contributed by atoms with Gasteiger partial charge < -0.3 is 19.5 Å². The summed E-state index contributed by atoms with van der Waals surface area (Å²) in [4.78, 5) is 24.8. The Morgan fingerprint density at radius 3 is 2.55 bits per heavy atom. The Balaban J connectivity index is 2.60. The number of nitrogens with zero attached hydrogens (tertiary/aromatic N) is 1. The van der Waals surface area contributed by atoms with Crippen molar-refractivity contribution >= 4 is 30.2 Å². The average Bonchev–Trinajstić information content (AvgIpc) is 2.75. The second kappa shape index (κ2) is 5.62. The molecule has 108 valence electrons. The van der Waals surface area contributed by atoms with Crippen LogP contribution in [-0.2, 0) is 4.79 Å². The van der Waals surface area contributed by atoms with E-state index in [1.54, 1.807) is 0 Å². The number of amides is 1. The highest BCUT2D eigenvalue weighted by molar-refractivity contribution is 7.81. The summed E-state index contributed by atoms with van der Waals surface area (Å²) in [6.45, 7) is 0.360. The van der Waals surface area contributed by atoms with Crippen LogP contribution in [0.4, 0.5) is 5.69 Å². The van der Waals surface area contributed by atoms with Crippen LogP contribution in [0.5, 0.6) is 11.5 Å². The fraction of sp³-hybridized carbons (Fsp3) is 0.385. The number of anilines is 1. The maximum absolute atomic E-state index is 12.0. The zero-order valence-electron chi connectivity index (χ0n) is 11.1. The van der Waals surface area contributed by atoms with Crippen molar-refractivity contribution in [3.63, 3.8) is 0 Å². The molecule has 1 aromatic rings. The van der Waals surface area contributed by atoms with Crippen LogP contribution < -0.4 is 14.4 Å². The molecule has 0 aromatic heterocycles. The summed E-state index contributed by atoms with van der Waals surface area (Å²) in [6, 6.07) is 3.00. The third-order valence-corrected chi connectivity index (χ3v) is 3.47. The van der Waals surface area contributed by atoms with Gasteiger partial charge in [0.1, 0.15) is 17.1 Å². The van der Waals surface area contributed by atoms with Crippen LogP contribution in [0.15, 0.2) is 12.1 Å². The van der Waals surface area contributed by atoms with Gasteiger partial charge in [0, 0.05) is 30.3 Å². The van der Waals surface area contributed by atoms with Crippen LogP contribution in [0.3, 0.4) is 0 Å². The van der Waals surface area contributed by atoms with Gasteiger partial charge in [-0.2, -0.15) is 12.6 Å². The molecule has 1 aliphatic heterocycles. The quantitative estimate of drug-likeness (QED) is 0.822. The highest BCUT2D eigenvalue weighted by atomic mass is 32.1. The number of ether oxygens (including phenoxy) is 2. The van der Waals surface area contributed by atoms with Crippen LogP contribution in [0, 0.1) is 0 Å². The van der Waals surface area contributed by atoms with Crippen molar-refractivity contribution in [2.24, 2.45) is 0 Å². The van der Waals surface area contributed by atoms with Crippen LogP contribution >= 0.6 is 12.6 Å². The normalized spacial score (nSPS) is 18.2. The van der Waals surface area contributed by atoms with E-state index in [9.17, 15) is 14.7 Å². The van der Waals surface area contributed by atoms with Gasteiger partial charge >= 0.3 is 5.97 Å². The molecule has 1 amide bonds. The van der Waals surface area contributed by atoms with E-state index in [4.69, 9.17) is 9.47 Å². The van der Waals surface area contributed by atoms with Gasteiger partial charge in [0.15, 0.2) is 0 Å². The molecule has 0 aliphatic carbocycles. The second-order valence-electron chi connectivity index (χ2n) is 4.39. The van der Waals surface area contributed by atoms with E-state index in [1.807, 2.05) is 0 Å². The van der Waals surface area contributed by atoms with Crippen molar-refractivity contribution in [2.75, 3.05) is 25.7 Å². The van der Waals surface area contributed by atoms with Gasteiger partial charge in [-0.25, -0.2) is 4.79 Å². The van der Waals surface area contributed by atoms with E-state index >= 15 is 0 Å². The summed E-state index contributed by atoms with van der Waals surface area (Å²) in [5.41, 5.74) is 0.222. The average molecular weight is 297 g/mol. The number of rotatable bonds is 4. The van der Waals surface area contributed by atoms with E-state index in [-0.39, 0.29) is 34.6 Å². The first-order chi connectivity index (χ1) is 9.47. The number of aromatic carboxylic acids is 1. The fourth-order valence-electron chi connectivity index (χ4n) is 2.20. The smallest absolute Gasteiger partial charge is 0.341 e. The van der Waals surface area contributed by atoms with E-state index in [0.717, 1.165) is 0 Å². The van der Waals surface area contributed by atoms with Gasteiger partial charge in [0.25, 0.3) is 0 Å². The number of benzene rings is 1. The summed E-state index contributed by atoms with van der Waals surface area (Å²) in [5.74, 6) is -0.739. The largest absolute Gasteiger partial charge is 0.497 e. The summed E-state index contributed by atoms with van der Waals surface area (Å²) >= 11 is 4.27. The Morgan fingerprint density at radius 2 is 2.10 bits per heavy atom. The lowest BCUT2D eigenvalue weighted by Gasteiger charge is -2.21. The number of hydrogen-bond donors (Lipinski definition) is 2. The molecule has 1 N–H and O–H groups in total. The Morgan fingerprint density at radius 1 is 1.40 bits per heavy atom. The van der Waals surface area contributed by atoms with Crippen molar-refractivity contribution in [2.45, 2.75) is 11.7 Å². The molecule has 20 heavy (non-hydrogen) atoms. The number of carboxylic acids is 1. The van der Waals surface area contributed by atoms with E-state index in [1.165, 1.54) is 31.3 Å². The lowest BCUT2D eigenvalue weighted by atomic mass is 10.1. The summed E-state index contributed by atoms with van der Waals surface area (Å²) in [6.07, 6.45) is 0.279. The number of carbonyl (C=O) groups excluding carboxylic acids is 1. The van der Waals surface area contributed by atoms with Gasteiger partial charge in [-0.05, 0) is 0 Å². The number of methoxy groups -OCH3 is 2. The first-order valence-electron chi connectivity index (χ1n) is 5.95. The molecule has 0 bridgehead atoms. The highest BCUT2D eigenvalue weighted by Gasteiger charge is 2.33. The molecule has 6 nitrogen and oxygen atoms in total. The third kappa shape index (κ3) is 2.53. The summed E-state index contributed by atoms with van der Waals surface area (Å²) in [7, 11) is 2.84. The molecule has 0 saturated carbocycles. The Kier molecular flexibility index (Phi) is 4.08. The SMILES string of the molecule is COc1cc(OC)c(C(=O)O)c(N2CC(S)CC2=O)c1. The molecular formula is C13H15NO5S. The number of thiol groups is 1. The summed E-state index contributed by atoms with van der Waals surface area (Å²) in [5, 5.41) is 9.27. The molecular weight excluding hydrogens is 282 g/mol. The number of carboxylic acid groups (broad SMARTS) is 1. The van der Waals surface area contributed by atoms with Crippen LogP contribution in [0.1, 0.15) is 16.8 Å². The standard InChI is InChI=1S/C13H15NO5S/c1-18-7-3-9(14-6-8(20)5-11(14)15)12(13(16)17)10(4-7)19-2/h3-4,8,20H,5-6H2,1-2H3,(H,16,17). The maximum atomic E-state index is 12.0. The van der Waals surface area contributed by atoms with Gasteiger partial charge in [-0.3, -0.25) is 4.79 Å². The van der Waals surface area contributed by atoms with Crippen molar-refractivity contribution in [3.05, 3.63) is 17.7 Å². The fourth-order valence-corrected chi connectivity index (χ4v) is 2.52. The van der Waals surface area contributed by atoms with Crippen molar-refractivity contribution in [3.8, 4) is 11.5 Å². The number of hydrogen-bond acceptors (Lipinski definition) is 5. The zero-order valence-corrected chi connectivity index (χ0v) is 12.0. The predicted octanol–water partition coefficient (Wildman–Crippen LogP) is 1.44. The molecule has 1 heterocycles. The highest BCUT2D eigenvalue weighted by Crippen LogP contribution is 2.37. The van der Waals surface area contributed by atoms with Gasteiger partial charge in [0.05, 0.1) is 19.9 Å². The minimum absolute atomic E-state index is 0.0518. The zero-order chi connectivity index (χ0) is 14.9. The van der Waals surface area contributed by atoms with Crippen molar-refractivity contribution in [1.29, 1.82) is 0 Å². The van der Waals surface area contributed by atoms with Crippen LogP contribution in [0.25, 0.3) is 0 Å². The van der Waals surface area contributed by atoms with Crippen LogP contribution in [0.2, 0.25) is 0 Å². The Bertz CT molecular complexity index is 560. The van der Waals surface area contributed by atoms with E-state index in [0.29, 0.717) is 12.3 Å². The Hall–Kier alpha value is -1.89. The molecule has 1 saturated heterocycles. The van der Waals surface area contributed by atoms with E-state index in [2.05, 4.69) is 12.6 Å². The summed E-state index contributed by atoms with van der Waals surface area (Å²) < 4.78 is 10.2. The maximum Gasteiger partial charge on any atom is 0.341 e. The molecule has 1 unspecified atom stereocenters. The van der Waals surface area contributed by atoms with Gasteiger partial charge in [0.2, 0.25) is 5.91 Å². The molecule has 7 heteroatoms. The Labute approximate surface area is 121 Å².